The molecule has 8 heteroatoms. The highest BCUT2D eigenvalue weighted by Crippen LogP contribution is 2.26. The highest BCUT2D eigenvalue weighted by Gasteiger charge is 2.33. The standard InChI is InChI=1S/C32H41N3O4S/c1-6-8-21-33-32(37)30(7-2)34(22-27-12-10-9-11-26(27)5)31(36)23-35(28-17-13-24(3)14-18-28)40(38,39)29-19-15-25(4)16-20-29/h9-20,30H,6-8,21-23H2,1-5H3,(H,33,37)/t30-/m1/s1. The number of hydrogen-bond donors (Lipinski definition) is 1. The Morgan fingerprint density at radius 3 is 2.02 bits per heavy atom. The van der Waals surface area contributed by atoms with Gasteiger partial charge in [0.05, 0.1) is 10.6 Å². The number of nitrogens with one attached hydrogen (secondary N) is 1. The van der Waals surface area contributed by atoms with E-state index in [9.17, 15) is 18.0 Å². The molecule has 0 spiro atoms. The van der Waals surface area contributed by atoms with Crippen LogP contribution < -0.4 is 9.62 Å². The quantitative estimate of drug-likeness (QED) is 0.277. The number of carbonyl (C=O) groups excluding carboxylic acids is 2. The summed E-state index contributed by atoms with van der Waals surface area (Å²) >= 11 is 0. The van der Waals surface area contributed by atoms with Crippen molar-refractivity contribution < 1.29 is 18.0 Å². The number of hydrogen-bond acceptors (Lipinski definition) is 4. The molecule has 214 valence electrons. The lowest BCUT2D eigenvalue weighted by Crippen LogP contribution is -2.52. The van der Waals surface area contributed by atoms with Crippen molar-refractivity contribution in [1.29, 1.82) is 0 Å². The molecule has 0 aliphatic heterocycles. The van der Waals surface area contributed by atoms with E-state index in [1.165, 1.54) is 4.90 Å². The van der Waals surface area contributed by atoms with Gasteiger partial charge in [-0.2, -0.15) is 0 Å². The van der Waals surface area contributed by atoms with E-state index < -0.39 is 28.5 Å². The topological polar surface area (TPSA) is 86.8 Å². The van der Waals surface area contributed by atoms with E-state index in [-0.39, 0.29) is 17.3 Å². The van der Waals surface area contributed by atoms with Crippen LogP contribution in [0.5, 0.6) is 0 Å². The molecule has 0 saturated heterocycles. The molecule has 0 aromatic heterocycles. The Morgan fingerprint density at radius 2 is 1.45 bits per heavy atom. The Labute approximate surface area is 239 Å². The number of benzene rings is 3. The van der Waals surface area contributed by atoms with Gasteiger partial charge < -0.3 is 10.2 Å². The van der Waals surface area contributed by atoms with Gasteiger partial charge in [0.25, 0.3) is 10.0 Å². The number of nitrogens with zero attached hydrogens (tertiary/aromatic N) is 2. The minimum absolute atomic E-state index is 0.0984. The Bertz CT molecular complexity index is 1390. The Hall–Kier alpha value is -3.65. The molecule has 3 rings (SSSR count). The molecular weight excluding hydrogens is 522 g/mol. The lowest BCUT2D eigenvalue weighted by Gasteiger charge is -2.33. The first kappa shape index (κ1) is 30.9. The SMILES string of the molecule is CCCCNC(=O)[C@@H](CC)N(Cc1ccccc1C)C(=O)CN(c1ccc(C)cc1)S(=O)(=O)c1ccc(C)cc1. The first-order valence-electron chi connectivity index (χ1n) is 13.9. The van der Waals surface area contributed by atoms with Gasteiger partial charge in [0.2, 0.25) is 11.8 Å². The van der Waals surface area contributed by atoms with Gasteiger partial charge in [-0.1, -0.05) is 79.9 Å². The van der Waals surface area contributed by atoms with E-state index in [1.807, 2.05) is 71.0 Å². The third-order valence-corrected chi connectivity index (χ3v) is 8.82. The van der Waals surface area contributed by atoms with Crippen LogP contribution >= 0.6 is 0 Å². The number of aryl methyl sites for hydroxylation is 3. The van der Waals surface area contributed by atoms with Crippen molar-refractivity contribution in [3.05, 3.63) is 95.1 Å². The number of carbonyl (C=O) groups is 2. The number of unbranched alkanes of at least 4 members (excludes halogenated alkanes) is 1. The predicted molar refractivity (Wildman–Crippen MR) is 161 cm³/mol. The average Bonchev–Trinajstić information content (AvgIpc) is 2.93. The molecule has 0 bridgehead atoms. The summed E-state index contributed by atoms with van der Waals surface area (Å²) in [6, 6.07) is 20.6. The number of sulfonamides is 1. The van der Waals surface area contributed by atoms with Crippen LogP contribution in [0.25, 0.3) is 0 Å². The molecule has 3 aromatic rings. The molecule has 40 heavy (non-hydrogen) atoms. The van der Waals surface area contributed by atoms with Crippen molar-refractivity contribution in [3.63, 3.8) is 0 Å². The van der Waals surface area contributed by atoms with Gasteiger partial charge in [-0.3, -0.25) is 13.9 Å². The molecule has 0 radical (unpaired) electrons. The zero-order chi connectivity index (χ0) is 29.3. The van der Waals surface area contributed by atoms with Gasteiger partial charge in [-0.15, -0.1) is 0 Å². The number of rotatable bonds is 13. The maximum atomic E-state index is 14.1. The lowest BCUT2D eigenvalue weighted by molar-refractivity contribution is -0.140. The van der Waals surface area contributed by atoms with E-state index in [4.69, 9.17) is 0 Å². The summed E-state index contributed by atoms with van der Waals surface area (Å²) in [6.45, 7) is 9.95. The highest BCUT2D eigenvalue weighted by molar-refractivity contribution is 7.92. The zero-order valence-corrected chi connectivity index (χ0v) is 25.0. The molecule has 0 fully saturated rings. The normalized spacial score (nSPS) is 12.0. The van der Waals surface area contributed by atoms with Crippen molar-refractivity contribution >= 4 is 27.5 Å². The van der Waals surface area contributed by atoms with Crippen molar-refractivity contribution in [2.45, 2.75) is 71.4 Å². The maximum absolute atomic E-state index is 14.1. The summed E-state index contributed by atoms with van der Waals surface area (Å²) in [4.78, 5) is 29.0. The third-order valence-electron chi connectivity index (χ3n) is 7.03. The first-order valence-corrected chi connectivity index (χ1v) is 15.3. The van der Waals surface area contributed by atoms with Crippen LogP contribution in [0.4, 0.5) is 5.69 Å². The molecule has 0 heterocycles. The van der Waals surface area contributed by atoms with E-state index >= 15 is 0 Å². The van der Waals surface area contributed by atoms with Crippen LogP contribution in [-0.2, 0) is 26.2 Å². The third kappa shape index (κ3) is 7.72. The van der Waals surface area contributed by atoms with Gasteiger partial charge in [0.15, 0.2) is 0 Å². The largest absolute Gasteiger partial charge is 0.354 e. The van der Waals surface area contributed by atoms with E-state index in [1.54, 1.807) is 36.4 Å². The smallest absolute Gasteiger partial charge is 0.264 e. The van der Waals surface area contributed by atoms with E-state index in [2.05, 4.69) is 5.32 Å². The number of anilines is 1. The molecular formula is C32H41N3O4S. The van der Waals surface area contributed by atoms with Crippen LogP contribution in [-0.4, -0.2) is 44.3 Å². The predicted octanol–water partition coefficient (Wildman–Crippen LogP) is 5.53. The van der Waals surface area contributed by atoms with Gasteiger partial charge in [-0.25, -0.2) is 8.42 Å². The molecule has 3 aromatic carbocycles. The molecule has 7 nitrogen and oxygen atoms in total. The molecule has 0 saturated carbocycles. The van der Waals surface area contributed by atoms with Crippen LogP contribution in [0, 0.1) is 20.8 Å². The second kappa shape index (κ2) is 14.1. The van der Waals surface area contributed by atoms with Crippen LogP contribution in [0.2, 0.25) is 0 Å². The van der Waals surface area contributed by atoms with Crippen LogP contribution in [0.3, 0.4) is 0 Å². The minimum atomic E-state index is -4.08. The monoisotopic (exact) mass is 563 g/mol. The summed E-state index contributed by atoms with van der Waals surface area (Å²) in [5.41, 5.74) is 4.18. The van der Waals surface area contributed by atoms with Gasteiger partial charge in [0, 0.05) is 13.1 Å². The molecule has 2 amide bonds. The fourth-order valence-electron chi connectivity index (χ4n) is 4.47. The van der Waals surface area contributed by atoms with Crippen molar-refractivity contribution in [2.24, 2.45) is 0 Å². The minimum Gasteiger partial charge on any atom is -0.354 e. The molecule has 1 atom stereocenters. The molecule has 0 unspecified atom stereocenters. The highest BCUT2D eigenvalue weighted by atomic mass is 32.2. The Balaban J connectivity index is 2.04. The van der Waals surface area contributed by atoms with Crippen molar-refractivity contribution in [2.75, 3.05) is 17.4 Å². The summed E-state index contributed by atoms with van der Waals surface area (Å²) in [6.07, 6.45) is 2.17. The zero-order valence-electron chi connectivity index (χ0n) is 24.2. The van der Waals surface area contributed by atoms with E-state index in [0.717, 1.165) is 39.4 Å². The summed E-state index contributed by atoms with van der Waals surface area (Å²) in [5, 5.41) is 2.96. The first-order chi connectivity index (χ1) is 19.1. The summed E-state index contributed by atoms with van der Waals surface area (Å²) in [5.74, 6) is -0.682. The van der Waals surface area contributed by atoms with E-state index in [0.29, 0.717) is 18.7 Å². The lowest BCUT2D eigenvalue weighted by atomic mass is 10.1. The Morgan fingerprint density at radius 1 is 0.850 bits per heavy atom. The number of amides is 2. The fraction of sp³-hybridized carbons (Fsp3) is 0.375. The summed E-state index contributed by atoms with van der Waals surface area (Å²) < 4.78 is 29.0. The molecule has 0 aliphatic rings. The fourth-order valence-corrected chi connectivity index (χ4v) is 5.89. The second-order valence-corrected chi connectivity index (χ2v) is 12.0. The van der Waals surface area contributed by atoms with Crippen LogP contribution in [0.15, 0.2) is 77.7 Å². The van der Waals surface area contributed by atoms with Crippen LogP contribution in [0.1, 0.15) is 55.4 Å². The molecule has 0 aliphatic carbocycles. The van der Waals surface area contributed by atoms with Gasteiger partial charge >= 0.3 is 0 Å². The average molecular weight is 564 g/mol. The Kier molecular flexibility index (Phi) is 10.9. The van der Waals surface area contributed by atoms with Crippen molar-refractivity contribution in [3.8, 4) is 0 Å². The second-order valence-electron chi connectivity index (χ2n) is 10.2. The molecule has 1 N–H and O–H groups in total. The summed E-state index contributed by atoms with van der Waals surface area (Å²) in [7, 11) is -4.08. The van der Waals surface area contributed by atoms with Crippen molar-refractivity contribution in [1.82, 2.24) is 10.2 Å². The van der Waals surface area contributed by atoms with Gasteiger partial charge in [0.1, 0.15) is 12.6 Å². The van der Waals surface area contributed by atoms with Gasteiger partial charge in [-0.05, 0) is 69.0 Å². The maximum Gasteiger partial charge on any atom is 0.264 e.